The van der Waals surface area contributed by atoms with Gasteiger partial charge in [0.2, 0.25) is 5.91 Å². The van der Waals surface area contributed by atoms with Gasteiger partial charge in [-0.1, -0.05) is 47.5 Å². The van der Waals surface area contributed by atoms with Crippen LogP contribution in [0.25, 0.3) is 0 Å². The van der Waals surface area contributed by atoms with Crippen LogP contribution in [0.4, 0.5) is 5.69 Å². The van der Waals surface area contributed by atoms with Gasteiger partial charge >= 0.3 is 0 Å². The van der Waals surface area contributed by atoms with Gasteiger partial charge in [-0.25, -0.2) is 0 Å². The van der Waals surface area contributed by atoms with E-state index >= 15 is 0 Å². The predicted molar refractivity (Wildman–Crippen MR) is 112 cm³/mol. The topological polar surface area (TPSA) is 26.8 Å². The average molecular weight is 386 g/mol. The first-order valence-corrected chi connectivity index (χ1v) is 9.83. The highest BCUT2D eigenvalue weighted by Crippen LogP contribution is 2.25. The van der Waals surface area contributed by atoms with Crippen molar-refractivity contribution in [2.24, 2.45) is 0 Å². The maximum absolute atomic E-state index is 12.6. The second-order valence-electron chi connectivity index (χ2n) is 7.43. The zero-order chi connectivity index (χ0) is 19.4. The van der Waals surface area contributed by atoms with Crippen LogP contribution in [0.5, 0.6) is 0 Å². The lowest BCUT2D eigenvalue weighted by atomic mass is 10.1. The van der Waals surface area contributed by atoms with Gasteiger partial charge in [0.05, 0.1) is 6.54 Å². The Kier molecular flexibility index (Phi) is 6.40. The van der Waals surface area contributed by atoms with Crippen molar-refractivity contribution in [3.05, 3.63) is 64.2 Å². The van der Waals surface area contributed by atoms with Crippen molar-refractivity contribution >= 4 is 23.2 Å². The molecule has 0 bridgehead atoms. The largest absolute Gasteiger partial charge is 0.369 e. The molecule has 1 aliphatic rings. The Morgan fingerprint density at radius 1 is 1.04 bits per heavy atom. The molecule has 2 aromatic rings. The van der Waals surface area contributed by atoms with E-state index in [1.807, 2.05) is 24.1 Å². The fourth-order valence-electron chi connectivity index (χ4n) is 3.44. The number of rotatable bonds is 5. The van der Waals surface area contributed by atoms with Gasteiger partial charge in [0.15, 0.2) is 0 Å². The Hall–Kier alpha value is -2.04. The molecule has 0 aliphatic carbocycles. The molecular formula is C22H28ClN3O. The number of likely N-dealkylation sites (N-methyl/N-ethyl adjacent to an activating group) is 1. The molecule has 1 saturated heterocycles. The van der Waals surface area contributed by atoms with Crippen molar-refractivity contribution in [1.29, 1.82) is 0 Å². The van der Waals surface area contributed by atoms with Crippen molar-refractivity contribution < 1.29 is 4.79 Å². The summed E-state index contributed by atoms with van der Waals surface area (Å²) in [6.45, 7) is 8.91. The summed E-state index contributed by atoms with van der Waals surface area (Å²) in [6, 6.07) is 14.4. The smallest absolute Gasteiger partial charge is 0.236 e. The van der Waals surface area contributed by atoms with E-state index in [0.29, 0.717) is 13.1 Å². The Morgan fingerprint density at radius 2 is 1.70 bits per heavy atom. The molecule has 1 aliphatic heterocycles. The standard InChI is InChI=1S/C22H28ClN3O/c1-17-4-7-19(8-5-17)15-24(3)22(27)16-25-10-12-26(13-11-25)21-14-20(23)9-6-18(21)2/h4-9,14H,10-13,15-16H2,1-3H3. The highest BCUT2D eigenvalue weighted by atomic mass is 35.5. The van der Waals surface area contributed by atoms with Crippen molar-refractivity contribution in [2.75, 3.05) is 44.7 Å². The number of anilines is 1. The Balaban J connectivity index is 1.50. The first-order valence-electron chi connectivity index (χ1n) is 9.45. The van der Waals surface area contributed by atoms with Gasteiger partial charge < -0.3 is 9.80 Å². The van der Waals surface area contributed by atoms with Crippen molar-refractivity contribution in [3.63, 3.8) is 0 Å². The molecule has 0 saturated carbocycles. The summed E-state index contributed by atoms with van der Waals surface area (Å²) in [6.07, 6.45) is 0. The number of carbonyl (C=O) groups is 1. The highest BCUT2D eigenvalue weighted by molar-refractivity contribution is 6.30. The minimum atomic E-state index is 0.169. The molecule has 0 spiro atoms. The summed E-state index contributed by atoms with van der Waals surface area (Å²) >= 11 is 6.16. The number of carbonyl (C=O) groups excluding carboxylic acids is 1. The molecule has 144 valence electrons. The first-order chi connectivity index (χ1) is 12.9. The Bertz CT molecular complexity index is 783. The van der Waals surface area contributed by atoms with Crippen LogP contribution in [0.3, 0.4) is 0 Å². The predicted octanol–water partition coefficient (Wildman–Crippen LogP) is 3.74. The number of halogens is 1. The summed E-state index contributed by atoms with van der Waals surface area (Å²) in [5, 5.41) is 0.769. The molecule has 0 aromatic heterocycles. The van der Waals surface area contributed by atoms with Crippen LogP contribution < -0.4 is 4.90 Å². The number of piperazine rings is 1. The average Bonchev–Trinajstić information content (AvgIpc) is 2.66. The quantitative estimate of drug-likeness (QED) is 0.784. The molecule has 1 amide bonds. The summed E-state index contributed by atoms with van der Waals surface area (Å²) in [4.78, 5) is 19.0. The molecule has 4 nitrogen and oxygen atoms in total. The Labute approximate surface area is 167 Å². The molecule has 0 atom stereocenters. The third kappa shape index (κ3) is 5.24. The van der Waals surface area contributed by atoms with Gasteiger partial charge in [0.25, 0.3) is 0 Å². The number of amides is 1. The minimum Gasteiger partial charge on any atom is -0.369 e. The SMILES string of the molecule is Cc1ccc(CN(C)C(=O)CN2CCN(c3cc(Cl)ccc3C)CC2)cc1. The maximum atomic E-state index is 12.6. The number of nitrogens with zero attached hydrogens (tertiary/aromatic N) is 3. The number of hydrogen-bond donors (Lipinski definition) is 0. The fourth-order valence-corrected chi connectivity index (χ4v) is 3.60. The molecule has 0 radical (unpaired) electrons. The normalized spacial score (nSPS) is 15.0. The van der Waals surface area contributed by atoms with Crippen molar-refractivity contribution in [3.8, 4) is 0 Å². The molecular weight excluding hydrogens is 358 g/mol. The van der Waals surface area contributed by atoms with Crippen molar-refractivity contribution in [1.82, 2.24) is 9.80 Å². The van der Waals surface area contributed by atoms with Crippen molar-refractivity contribution in [2.45, 2.75) is 20.4 Å². The van der Waals surface area contributed by atoms with Gasteiger partial charge in [-0.15, -0.1) is 0 Å². The van der Waals surface area contributed by atoms with Crippen LogP contribution >= 0.6 is 11.6 Å². The molecule has 3 rings (SSSR count). The summed E-state index contributed by atoms with van der Waals surface area (Å²) < 4.78 is 0. The van der Waals surface area contributed by atoms with Gasteiger partial charge in [-0.3, -0.25) is 9.69 Å². The monoisotopic (exact) mass is 385 g/mol. The van der Waals surface area contributed by atoms with E-state index in [1.54, 1.807) is 0 Å². The molecule has 5 heteroatoms. The van der Waals surface area contributed by atoms with E-state index in [9.17, 15) is 4.79 Å². The van der Waals surface area contributed by atoms with E-state index in [1.165, 1.54) is 16.8 Å². The highest BCUT2D eigenvalue weighted by Gasteiger charge is 2.21. The second kappa shape index (κ2) is 8.77. The van der Waals surface area contributed by atoms with Gasteiger partial charge in [0.1, 0.15) is 0 Å². The van der Waals surface area contributed by atoms with Gasteiger partial charge in [-0.2, -0.15) is 0 Å². The molecule has 1 heterocycles. The lowest BCUT2D eigenvalue weighted by Crippen LogP contribution is -2.49. The fraction of sp³-hybridized carbons (Fsp3) is 0.409. The Morgan fingerprint density at radius 3 is 2.37 bits per heavy atom. The van der Waals surface area contributed by atoms with Crippen LogP contribution in [0.2, 0.25) is 5.02 Å². The van der Waals surface area contributed by atoms with Gasteiger partial charge in [-0.05, 0) is 37.1 Å². The third-order valence-electron chi connectivity index (χ3n) is 5.21. The lowest BCUT2D eigenvalue weighted by molar-refractivity contribution is -0.131. The van der Waals surface area contributed by atoms with E-state index in [0.717, 1.165) is 36.8 Å². The van der Waals surface area contributed by atoms with Crippen LogP contribution in [0.15, 0.2) is 42.5 Å². The molecule has 27 heavy (non-hydrogen) atoms. The van der Waals surface area contributed by atoms with E-state index in [4.69, 9.17) is 11.6 Å². The molecule has 0 N–H and O–H groups in total. The van der Waals surface area contributed by atoms with Crippen LogP contribution in [0.1, 0.15) is 16.7 Å². The molecule has 0 unspecified atom stereocenters. The molecule has 2 aromatic carbocycles. The minimum absolute atomic E-state index is 0.169. The van der Waals surface area contributed by atoms with Crippen LogP contribution in [0, 0.1) is 13.8 Å². The third-order valence-corrected chi connectivity index (χ3v) is 5.44. The molecule has 1 fully saturated rings. The van der Waals surface area contributed by atoms with Gasteiger partial charge in [0, 0.05) is 50.5 Å². The number of hydrogen-bond acceptors (Lipinski definition) is 3. The van der Waals surface area contributed by atoms with E-state index < -0.39 is 0 Å². The lowest BCUT2D eigenvalue weighted by Gasteiger charge is -2.37. The summed E-state index contributed by atoms with van der Waals surface area (Å²) in [5.41, 5.74) is 4.84. The summed E-state index contributed by atoms with van der Waals surface area (Å²) in [5.74, 6) is 0.169. The first kappa shape index (κ1) is 19.7. The van der Waals surface area contributed by atoms with Crippen LogP contribution in [-0.2, 0) is 11.3 Å². The maximum Gasteiger partial charge on any atom is 0.236 e. The summed E-state index contributed by atoms with van der Waals surface area (Å²) in [7, 11) is 1.88. The second-order valence-corrected chi connectivity index (χ2v) is 7.87. The number of benzene rings is 2. The zero-order valence-corrected chi connectivity index (χ0v) is 17.2. The number of aryl methyl sites for hydroxylation is 2. The van der Waals surface area contributed by atoms with Crippen LogP contribution in [-0.4, -0.2) is 55.5 Å². The van der Waals surface area contributed by atoms with E-state index in [2.05, 4.69) is 54.0 Å². The van der Waals surface area contributed by atoms with E-state index in [-0.39, 0.29) is 5.91 Å². The zero-order valence-electron chi connectivity index (χ0n) is 16.4.